The number of alkyl halides is 3. The Morgan fingerprint density at radius 2 is 1.95 bits per heavy atom. The zero-order valence-corrected chi connectivity index (χ0v) is 19.7. The van der Waals surface area contributed by atoms with E-state index in [1.807, 2.05) is 0 Å². The summed E-state index contributed by atoms with van der Waals surface area (Å²) in [5.74, 6) is -0.670. The highest BCUT2D eigenvalue weighted by Gasteiger charge is 2.31. The molecule has 37 heavy (non-hydrogen) atoms. The van der Waals surface area contributed by atoms with E-state index in [1.165, 1.54) is 31.2 Å². The topological polar surface area (TPSA) is 158 Å². The first-order valence-electron chi connectivity index (χ1n) is 11.1. The summed E-state index contributed by atoms with van der Waals surface area (Å²) in [6, 6.07) is 7.84. The number of aryl methyl sites for hydroxylation is 1. The van der Waals surface area contributed by atoms with Gasteiger partial charge in [-0.05, 0) is 37.1 Å². The smallest absolute Gasteiger partial charge is 0.406 e. The lowest BCUT2D eigenvalue weighted by Crippen LogP contribution is -2.30. The van der Waals surface area contributed by atoms with E-state index in [1.54, 1.807) is 17.0 Å². The molecule has 0 spiro atoms. The van der Waals surface area contributed by atoms with Gasteiger partial charge in [0.25, 0.3) is 5.91 Å². The van der Waals surface area contributed by atoms with Gasteiger partial charge in [-0.3, -0.25) is 14.9 Å². The largest absolute Gasteiger partial charge is 0.573 e. The normalized spacial score (nSPS) is 12.1. The lowest BCUT2D eigenvalue weighted by atomic mass is 10.0. The number of nitrogens with zero attached hydrogens (tertiary/aromatic N) is 3. The fraction of sp³-hybridized carbons (Fsp3) is 0.304. The monoisotopic (exact) mass is 522 g/mol. The van der Waals surface area contributed by atoms with Crippen molar-refractivity contribution in [3.05, 3.63) is 64.5 Å². The lowest BCUT2D eigenvalue weighted by Gasteiger charge is -2.10. The van der Waals surface area contributed by atoms with E-state index in [2.05, 4.69) is 20.4 Å². The Bertz CT molecular complexity index is 1240. The Hall–Kier alpha value is -4.33. The van der Waals surface area contributed by atoms with E-state index in [-0.39, 0.29) is 29.4 Å². The minimum Gasteiger partial charge on any atom is -0.406 e. The number of aliphatic hydroxyl groups is 1. The molecule has 0 fully saturated rings. The molecule has 3 aromatic rings. The van der Waals surface area contributed by atoms with Crippen molar-refractivity contribution in [2.75, 3.05) is 24.1 Å². The number of nitrogens with one attached hydrogen (secondary N) is 2. The predicted molar refractivity (Wildman–Crippen MR) is 129 cm³/mol. The number of carbonyl (C=O) groups is 1. The Balaban J connectivity index is 1.71. The SMILES string of the molecule is C[C@@H](O)CNC(=O)c1cn(CCCNc2ccc([N+](=O)[O-])c(N)n2)cc1-c1ccc(OC(F)(F)F)cc1. The molecule has 0 aliphatic rings. The number of nitrogens with two attached hydrogens (primary N) is 1. The molecule has 2 aromatic heterocycles. The minimum atomic E-state index is -4.82. The molecular formula is C23H25F3N6O5. The second-order valence-electron chi connectivity index (χ2n) is 8.09. The molecule has 1 aromatic carbocycles. The molecular weight excluding hydrogens is 497 g/mol. The number of aromatic nitrogens is 2. The number of rotatable bonds is 11. The highest BCUT2D eigenvalue weighted by molar-refractivity contribution is 6.00. The summed E-state index contributed by atoms with van der Waals surface area (Å²) in [5.41, 5.74) is 6.57. The van der Waals surface area contributed by atoms with E-state index in [4.69, 9.17) is 5.73 Å². The van der Waals surface area contributed by atoms with Gasteiger partial charge in [-0.1, -0.05) is 12.1 Å². The number of aliphatic hydroxyl groups excluding tert-OH is 1. The van der Waals surface area contributed by atoms with Crippen LogP contribution in [0.3, 0.4) is 0 Å². The summed E-state index contributed by atoms with van der Waals surface area (Å²) in [4.78, 5) is 26.9. The zero-order chi connectivity index (χ0) is 27.2. The summed E-state index contributed by atoms with van der Waals surface area (Å²) in [6.07, 6.45) is -1.71. The minimum absolute atomic E-state index is 0.0249. The molecule has 0 aliphatic carbocycles. The maximum Gasteiger partial charge on any atom is 0.573 e. The predicted octanol–water partition coefficient (Wildman–Crippen LogP) is 3.55. The van der Waals surface area contributed by atoms with Crippen molar-refractivity contribution < 1.29 is 32.7 Å². The average Bonchev–Trinajstić information content (AvgIpc) is 3.24. The first-order chi connectivity index (χ1) is 17.4. The van der Waals surface area contributed by atoms with Crippen molar-refractivity contribution in [2.45, 2.75) is 32.4 Å². The van der Waals surface area contributed by atoms with Crippen LogP contribution in [0.1, 0.15) is 23.7 Å². The number of hydrogen-bond donors (Lipinski definition) is 4. The molecule has 11 nitrogen and oxygen atoms in total. The van der Waals surface area contributed by atoms with Gasteiger partial charge in [0.05, 0.1) is 16.6 Å². The fourth-order valence-electron chi connectivity index (χ4n) is 3.42. The first kappa shape index (κ1) is 27.3. The van der Waals surface area contributed by atoms with Gasteiger partial charge in [-0.15, -0.1) is 13.2 Å². The molecule has 1 atom stereocenters. The summed E-state index contributed by atoms with van der Waals surface area (Å²) in [7, 11) is 0. The summed E-state index contributed by atoms with van der Waals surface area (Å²) in [5, 5.41) is 26.0. The number of nitrogen functional groups attached to an aromatic ring is 1. The van der Waals surface area contributed by atoms with Crippen LogP contribution < -0.4 is 21.1 Å². The van der Waals surface area contributed by atoms with Crippen LogP contribution in [-0.2, 0) is 6.54 Å². The highest BCUT2D eigenvalue weighted by Crippen LogP contribution is 2.29. The molecule has 0 saturated carbocycles. The van der Waals surface area contributed by atoms with Crippen LogP contribution in [0.2, 0.25) is 0 Å². The van der Waals surface area contributed by atoms with E-state index >= 15 is 0 Å². The molecule has 0 saturated heterocycles. The van der Waals surface area contributed by atoms with Crippen molar-refractivity contribution in [1.82, 2.24) is 14.9 Å². The molecule has 0 radical (unpaired) electrons. The molecule has 198 valence electrons. The van der Waals surface area contributed by atoms with Crippen molar-refractivity contribution in [1.29, 1.82) is 0 Å². The molecule has 0 bridgehead atoms. The van der Waals surface area contributed by atoms with Crippen molar-refractivity contribution >= 4 is 23.2 Å². The van der Waals surface area contributed by atoms with Gasteiger partial charge in [-0.25, -0.2) is 4.98 Å². The van der Waals surface area contributed by atoms with E-state index in [9.17, 15) is 33.2 Å². The third-order valence-corrected chi connectivity index (χ3v) is 5.08. The Morgan fingerprint density at radius 1 is 1.24 bits per heavy atom. The molecule has 2 heterocycles. The Kier molecular flexibility index (Phi) is 8.55. The summed E-state index contributed by atoms with van der Waals surface area (Å²) in [6.45, 7) is 2.44. The van der Waals surface area contributed by atoms with Crippen LogP contribution >= 0.6 is 0 Å². The van der Waals surface area contributed by atoms with Crippen LogP contribution in [0.5, 0.6) is 5.75 Å². The molecule has 0 unspecified atom stereocenters. The lowest BCUT2D eigenvalue weighted by molar-refractivity contribution is -0.384. The number of pyridine rings is 1. The maximum absolute atomic E-state index is 12.7. The van der Waals surface area contributed by atoms with Crippen molar-refractivity contribution in [2.24, 2.45) is 0 Å². The van der Waals surface area contributed by atoms with Gasteiger partial charge in [0.1, 0.15) is 11.6 Å². The number of amides is 1. The molecule has 5 N–H and O–H groups in total. The molecule has 1 amide bonds. The second-order valence-corrected chi connectivity index (χ2v) is 8.09. The van der Waals surface area contributed by atoms with Crippen molar-refractivity contribution in [3.63, 3.8) is 0 Å². The highest BCUT2D eigenvalue weighted by atomic mass is 19.4. The van der Waals surface area contributed by atoms with E-state index in [0.717, 1.165) is 12.1 Å². The third-order valence-electron chi connectivity index (χ3n) is 5.08. The standard InChI is InChI=1S/C23H25F3N6O5/c1-14(33)11-29-22(34)18-13-31(10-2-9-28-20-8-7-19(32(35)36)21(27)30-20)12-17(18)15-3-5-16(6-4-15)37-23(24,25)26/h3-8,12-14,33H,2,9-11H2,1H3,(H,29,34)(H3,27,28,30)/t14-/m1/s1. The van der Waals surface area contributed by atoms with Gasteiger partial charge in [-0.2, -0.15) is 0 Å². The second kappa shape index (κ2) is 11.6. The number of carbonyl (C=O) groups excluding carboxylic acids is 1. The molecule has 3 rings (SSSR count). The van der Waals surface area contributed by atoms with Gasteiger partial charge in [0.15, 0.2) is 0 Å². The number of benzene rings is 1. The number of ether oxygens (including phenoxy) is 1. The van der Waals surface area contributed by atoms with E-state index in [0.29, 0.717) is 36.5 Å². The fourth-order valence-corrected chi connectivity index (χ4v) is 3.42. The number of nitro groups is 1. The molecule has 0 aliphatic heterocycles. The summed E-state index contributed by atoms with van der Waals surface area (Å²) < 4.78 is 43.1. The number of anilines is 2. The first-order valence-corrected chi connectivity index (χ1v) is 11.1. The van der Waals surface area contributed by atoms with Crippen LogP contribution in [-0.4, -0.2) is 51.0 Å². The van der Waals surface area contributed by atoms with E-state index < -0.39 is 23.3 Å². The van der Waals surface area contributed by atoms with Crippen LogP contribution in [0.25, 0.3) is 11.1 Å². The molecule has 14 heteroatoms. The maximum atomic E-state index is 12.7. The quantitative estimate of drug-likeness (QED) is 0.169. The average molecular weight is 522 g/mol. The van der Waals surface area contributed by atoms with Gasteiger partial charge >= 0.3 is 12.0 Å². The summed E-state index contributed by atoms with van der Waals surface area (Å²) >= 11 is 0. The Labute approximate surface area is 209 Å². The number of halogens is 3. The van der Waals surface area contributed by atoms with Crippen LogP contribution in [0.15, 0.2) is 48.8 Å². The van der Waals surface area contributed by atoms with Gasteiger partial charge < -0.3 is 30.8 Å². The van der Waals surface area contributed by atoms with Crippen LogP contribution in [0.4, 0.5) is 30.5 Å². The van der Waals surface area contributed by atoms with Gasteiger partial charge in [0.2, 0.25) is 5.82 Å². The zero-order valence-electron chi connectivity index (χ0n) is 19.7. The number of hydrogen-bond acceptors (Lipinski definition) is 8. The van der Waals surface area contributed by atoms with Gasteiger partial charge in [0, 0.05) is 43.7 Å². The third kappa shape index (κ3) is 7.83. The van der Waals surface area contributed by atoms with Crippen molar-refractivity contribution in [3.8, 4) is 16.9 Å². The van der Waals surface area contributed by atoms with Crippen LogP contribution in [0, 0.1) is 10.1 Å². The Morgan fingerprint density at radius 3 is 2.54 bits per heavy atom.